The zero-order valence-electron chi connectivity index (χ0n) is 14.7. The summed E-state index contributed by atoms with van der Waals surface area (Å²) in [4.78, 5) is 26.8. The van der Waals surface area contributed by atoms with Crippen LogP contribution in [-0.4, -0.2) is 18.4 Å². The molecule has 1 N–H and O–H groups in total. The van der Waals surface area contributed by atoms with Crippen LogP contribution in [0.1, 0.15) is 24.5 Å². The van der Waals surface area contributed by atoms with Gasteiger partial charge in [-0.3, -0.25) is 9.59 Å². The molecule has 136 valence electrons. The van der Waals surface area contributed by atoms with Gasteiger partial charge in [-0.2, -0.15) is 0 Å². The summed E-state index contributed by atoms with van der Waals surface area (Å²) in [6.45, 7) is 4.29. The number of anilines is 2. The van der Waals surface area contributed by atoms with Crippen LogP contribution in [0.15, 0.2) is 40.9 Å². The van der Waals surface area contributed by atoms with Gasteiger partial charge in [-0.1, -0.05) is 40.5 Å². The number of nitrogens with one attached hydrogen (secondary N) is 1. The van der Waals surface area contributed by atoms with Crippen LogP contribution >= 0.6 is 27.5 Å². The third kappa shape index (κ3) is 3.79. The van der Waals surface area contributed by atoms with Crippen molar-refractivity contribution < 1.29 is 9.59 Å². The molecular weight excluding hydrogens is 416 g/mol. The first kappa shape index (κ1) is 18.9. The summed E-state index contributed by atoms with van der Waals surface area (Å²) in [7, 11) is 0. The number of rotatable bonds is 4. The standard InChI is InChI=1S/C20H20BrClN2O2/c1-3-13-9-15(21)7-8-17(13)23-20(26)14-10-19(25)24(11-14)18-6-4-5-16(22)12(18)2/h4-9,14H,3,10-11H2,1-2H3,(H,23,26)/t14-/m1/s1. The van der Waals surface area contributed by atoms with Gasteiger partial charge in [0.05, 0.1) is 5.92 Å². The smallest absolute Gasteiger partial charge is 0.229 e. The van der Waals surface area contributed by atoms with Crippen molar-refractivity contribution in [3.05, 3.63) is 57.0 Å². The van der Waals surface area contributed by atoms with Crippen LogP contribution < -0.4 is 10.2 Å². The molecular formula is C20H20BrClN2O2. The van der Waals surface area contributed by atoms with E-state index in [0.717, 1.165) is 33.4 Å². The first-order valence-electron chi connectivity index (χ1n) is 8.55. The van der Waals surface area contributed by atoms with Gasteiger partial charge in [-0.15, -0.1) is 0 Å². The molecule has 0 radical (unpaired) electrons. The van der Waals surface area contributed by atoms with E-state index in [1.54, 1.807) is 11.0 Å². The Balaban J connectivity index is 1.76. The van der Waals surface area contributed by atoms with Crippen LogP contribution in [-0.2, 0) is 16.0 Å². The minimum absolute atomic E-state index is 0.0537. The van der Waals surface area contributed by atoms with Crippen molar-refractivity contribution >= 4 is 50.7 Å². The molecule has 2 aromatic carbocycles. The zero-order valence-corrected chi connectivity index (χ0v) is 17.0. The fraction of sp³-hybridized carbons (Fsp3) is 0.300. The Labute approximate surface area is 166 Å². The predicted molar refractivity (Wildman–Crippen MR) is 109 cm³/mol. The molecule has 1 atom stereocenters. The molecule has 2 amide bonds. The topological polar surface area (TPSA) is 49.4 Å². The lowest BCUT2D eigenvalue weighted by Gasteiger charge is -2.20. The number of carbonyl (C=O) groups excluding carboxylic acids is 2. The first-order valence-corrected chi connectivity index (χ1v) is 9.72. The number of halogens is 2. The number of benzene rings is 2. The van der Waals surface area contributed by atoms with Crippen molar-refractivity contribution in [2.45, 2.75) is 26.7 Å². The second-order valence-corrected chi connectivity index (χ2v) is 7.76. The first-order chi connectivity index (χ1) is 12.4. The SMILES string of the molecule is CCc1cc(Br)ccc1NC(=O)[C@@H]1CC(=O)N(c2cccc(Cl)c2C)C1. The maximum Gasteiger partial charge on any atom is 0.229 e. The minimum Gasteiger partial charge on any atom is -0.326 e. The fourth-order valence-corrected chi connectivity index (χ4v) is 3.79. The van der Waals surface area contributed by atoms with Crippen LogP contribution in [0, 0.1) is 12.8 Å². The summed E-state index contributed by atoms with van der Waals surface area (Å²) in [5, 5.41) is 3.60. The van der Waals surface area contributed by atoms with E-state index in [0.29, 0.717) is 11.6 Å². The van der Waals surface area contributed by atoms with Crippen molar-refractivity contribution in [2.24, 2.45) is 5.92 Å². The molecule has 0 saturated carbocycles. The van der Waals surface area contributed by atoms with Crippen molar-refractivity contribution in [2.75, 3.05) is 16.8 Å². The summed E-state index contributed by atoms with van der Waals surface area (Å²) in [5.41, 5.74) is 3.48. The normalized spacial score (nSPS) is 16.8. The molecule has 1 fully saturated rings. The second kappa shape index (κ2) is 7.80. The minimum atomic E-state index is -0.380. The molecule has 6 heteroatoms. The lowest BCUT2D eigenvalue weighted by atomic mass is 10.1. The highest BCUT2D eigenvalue weighted by molar-refractivity contribution is 9.10. The third-order valence-corrected chi connectivity index (χ3v) is 5.63. The molecule has 1 saturated heterocycles. The van der Waals surface area contributed by atoms with Gasteiger partial charge in [0.2, 0.25) is 11.8 Å². The molecule has 4 nitrogen and oxygen atoms in total. The van der Waals surface area contributed by atoms with Gasteiger partial charge in [-0.05, 0) is 54.8 Å². The van der Waals surface area contributed by atoms with E-state index < -0.39 is 0 Å². The average Bonchev–Trinajstić information content (AvgIpc) is 3.00. The summed E-state index contributed by atoms with van der Waals surface area (Å²) in [6.07, 6.45) is 1.02. The van der Waals surface area contributed by atoms with Crippen molar-refractivity contribution in [1.82, 2.24) is 0 Å². The van der Waals surface area contributed by atoms with Gasteiger partial charge in [0.1, 0.15) is 0 Å². The van der Waals surface area contributed by atoms with Crippen LogP contribution in [0.25, 0.3) is 0 Å². The van der Waals surface area contributed by atoms with Crippen molar-refractivity contribution in [1.29, 1.82) is 0 Å². The van der Waals surface area contributed by atoms with E-state index in [1.165, 1.54) is 0 Å². The van der Waals surface area contributed by atoms with Crippen LogP contribution in [0.4, 0.5) is 11.4 Å². The molecule has 0 spiro atoms. The summed E-state index contributed by atoms with van der Waals surface area (Å²) in [5.74, 6) is -0.561. The number of hydrogen-bond acceptors (Lipinski definition) is 2. The lowest BCUT2D eigenvalue weighted by Crippen LogP contribution is -2.28. The fourth-order valence-electron chi connectivity index (χ4n) is 3.22. The molecule has 0 aromatic heterocycles. The highest BCUT2D eigenvalue weighted by Gasteiger charge is 2.36. The van der Waals surface area contributed by atoms with Crippen LogP contribution in [0.2, 0.25) is 5.02 Å². The van der Waals surface area contributed by atoms with Gasteiger partial charge in [0, 0.05) is 33.8 Å². The Morgan fingerprint density at radius 3 is 2.85 bits per heavy atom. The molecule has 0 aliphatic carbocycles. The number of hydrogen-bond donors (Lipinski definition) is 1. The Kier molecular flexibility index (Phi) is 5.68. The van der Waals surface area contributed by atoms with Crippen LogP contribution in [0.3, 0.4) is 0 Å². The quantitative estimate of drug-likeness (QED) is 0.737. The lowest BCUT2D eigenvalue weighted by molar-refractivity contribution is -0.122. The number of aryl methyl sites for hydroxylation is 1. The highest BCUT2D eigenvalue weighted by Crippen LogP contribution is 2.32. The molecule has 2 aromatic rings. The second-order valence-electron chi connectivity index (χ2n) is 6.43. The van der Waals surface area contributed by atoms with E-state index >= 15 is 0 Å². The molecule has 0 unspecified atom stereocenters. The molecule has 1 heterocycles. The molecule has 3 rings (SSSR count). The van der Waals surface area contributed by atoms with Gasteiger partial charge in [0.15, 0.2) is 0 Å². The summed E-state index contributed by atoms with van der Waals surface area (Å²) >= 11 is 9.62. The van der Waals surface area contributed by atoms with E-state index in [-0.39, 0.29) is 24.2 Å². The Morgan fingerprint density at radius 1 is 1.35 bits per heavy atom. The average molecular weight is 436 g/mol. The maximum atomic E-state index is 12.7. The van der Waals surface area contributed by atoms with Gasteiger partial charge < -0.3 is 10.2 Å². The Hall–Kier alpha value is -1.85. The van der Waals surface area contributed by atoms with E-state index in [4.69, 9.17) is 11.6 Å². The van der Waals surface area contributed by atoms with E-state index in [2.05, 4.69) is 21.2 Å². The number of carbonyl (C=O) groups is 2. The van der Waals surface area contributed by atoms with Gasteiger partial charge >= 0.3 is 0 Å². The number of amides is 2. The molecule has 26 heavy (non-hydrogen) atoms. The van der Waals surface area contributed by atoms with Gasteiger partial charge in [-0.25, -0.2) is 0 Å². The molecule has 1 aliphatic heterocycles. The monoisotopic (exact) mass is 434 g/mol. The molecule has 1 aliphatic rings. The van der Waals surface area contributed by atoms with E-state index in [1.807, 2.05) is 44.2 Å². The Bertz CT molecular complexity index is 869. The largest absolute Gasteiger partial charge is 0.326 e. The predicted octanol–water partition coefficient (Wildman–Crippen LogP) is 4.96. The summed E-state index contributed by atoms with van der Waals surface area (Å²) in [6, 6.07) is 11.3. The maximum absolute atomic E-state index is 12.7. The zero-order chi connectivity index (χ0) is 18.8. The van der Waals surface area contributed by atoms with Crippen LogP contribution in [0.5, 0.6) is 0 Å². The third-order valence-electron chi connectivity index (χ3n) is 4.73. The van der Waals surface area contributed by atoms with Crippen molar-refractivity contribution in [3.63, 3.8) is 0 Å². The van der Waals surface area contributed by atoms with E-state index in [9.17, 15) is 9.59 Å². The Morgan fingerprint density at radius 2 is 2.12 bits per heavy atom. The van der Waals surface area contributed by atoms with Gasteiger partial charge in [0.25, 0.3) is 0 Å². The number of nitrogens with zero attached hydrogens (tertiary/aromatic N) is 1. The highest BCUT2D eigenvalue weighted by atomic mass is 79.9. The van der Waals surface area contributed by atoms with Crippen molar-refractivity contribution in [3.8, 4) is 0 Å². The summed E-state index contributed by atoms with van der Waals surface area (Å²) < 4.78 is 0.978. The molecule has 0 bridgehead atoms.